The van der Waals surface area contributed by atoms with E-state index >= 15 is 0 Å². The molecule has 8 heteroatoms. The summed E-state index contributed by atoms with van der Waals surface area (Å²) in [6.07, 6.45) is 7.25. The Kier molecular flexibility index (Phi) is 7.98. The summed E-state index contributed by atoms with van der Waals surface area (Å²) < 4.78 is 7.49. The zero-order chi connectivity index (χ0) is 30.4. The van der Waals surface area contributed by atoms with Crippen LogP contribution in [0.1, 0.15) is 70.6 Å². The minimum Gasteiger partial charge on any atom is -0.497 e. The van der Waals surface area contributed by atoms with Gasteiger partial charge >= 0.3 is 0 Å². The van der Waals surface area contributed by atoms with Crippen molar-refractivity contribution < 1.29 is 14.3 Å². The van der Waals surface area contributed by atoms with Crippen LogP contribution in [0, 0.1) is 12.8 Å². The van der Waals surface area contributed by atoms with Gasteiger partial charge in [-0.25, -0.2) is 0 Å². The Morgan fingerprint density at radius 1 is 1.02 bits per heavy atom. The number of fused-ring (bicyclic) bond motifs is 2. The second kappa shape index (κ2) is 11.7. The van der Waals surface area contributed by atoms with Gasteiger partial charge in [0.25, 0.3) is 11.8 Å². The number of carbonyl (C=O) groups excluding carboxylic acids is 2. The normalized spacial score (nSPS) is 20.7. The molecule has 0 unspecified atom stereocenters. The van der Waals surface area contributed by atoms with Crippen molar-refractivity contribution in [3.05, 3.63) is 71.0 Å². The lowest BCUT2D eigenvalue weighted by Crippen LogP contribution is -2.54. The molecule has 228 valence electrons. The van der Waals surface area contributed by atoms with Gasteiger partial charge in [0.1, 0.15) is 11.4 Å². The largest absolute Gasteiger partial charge is 0.497 e. The van der Waals surface area contributed by atoms with Crippen LogP contribution in [0.15, 0.2) is 48.7 Å². The van der Waals surface area contributed by atoms with E-state index in [2.05, 4.69) is 33.3 Å². The fourth-order valence-corrected chi connectivity index (χ4v) is 6.89. The predicted octanol–water partition coefficient (Wildman–Crippen LogP) is 5.26. The van der Waals surface area contributed by atoms with Gasteiger partial charge in [0, 0.05) is 75.9 Å². The molecule has 3 heterocycles. The number of rotatable bonds is 9. The van der Waals surface area contributed by atoms with Gasteiger partial charge in [-0.3, -0.25) is 14.5 Å². The number of nitrogens with zero attached hydrogens (tertiary/aromatic N) is 4. The van der Waals surface area contributed by atoms with Crippen LogP contribution < -0.4 is 15.0 Å². The van der Waals surface area contributed by atoms with E-state index in [9.17, 15) is 9.59 Å². The Balaban J connectivity index is 1.21. The first-order valence-corrected chi connectivity index (χ1v) is 15.6. The van der Waals surface area contributed by atoms with Gasteiger partial charge in [-0.1, -0.05) is 6.07 Å². The number of piperazine rings is 1. The Bertz CT molecular complexity index is 1510. The molecule has 2 amide bonds. The molecule has 3 aliphatic rings. The third kappa shape index (κ3) is 5.90. The smallest absolute Gasteiger partial charge is 0.270 e. The number of anilines is 1. The number of ether oxygens (including phenoxy) is 1. The number of nitrogens with one attached hydrogen (secondary N) is 1. The Morgan fingerprint density at radius 2 is 1.74 bits per heavy atom. The molecule has 2 bridgehead atoms. The fraction of sp³-hybridized carbons (Fsp3) is 0.486. The SMILES string of the molecule is COc1cc(-c2ccn(C)c2C(=O)N(C)C)cc([C@@H](C)NC(=O)c2cc(N3C[C@H]4CC[C@@H](C3)N4CC3CC3)ccc2C)c1. The Morgan fingerprint density at radius 3 is 2.40 bits per heavy atom. The molecule has 2 aliphatic heterocycles. The number of carbonyl (C=O) groups is 2. The molecule has 3 atom stereocenters. The van der Waals surface area contributed by atoms with Gasteiger partial charge in [-0.15, -0.1) is 0 Å². The minimum atomic E-state index is -0.275. The summed E-state index contributed by atoms with van der Waals surface area (Å²) >= 11 is 0. The molecular weight excluding hydrogens is 538 g/mol. The van der Waals surface area contributed by atoms with Crippen LogP contribution in [0.4, 0.5) is 5.69 Å². The summed E-state index contributed by atoms with van der Waals surface area (Å²) in [5, 5.41) is 3.24. The first-order valence-electron chi connectivity index (χ1n) is 15.6. The number of methoxy groups -OCH3 is 1. The standard InChI is InChI=1S/C35H45N5O3/c1-22-7-10-27(39-20-28-11-12-29(21-39)40(28)19-24-8-9-24)18-32(22)34(41)36-23(2)25-15-26(17-30(16-25)43-6)31-13-14-38(5)33(31)35(42)37(3)4/h7,10,13-18,23-24,28-29H,8-9,11-12,19-21H2,1-6H3,(H,36,41)/t23-,28-,29+/m1/s1. The molecule has 6 rings (SSSR count). The second-order valence-corrected chi connectivity index (χ2v) is 13.0. The van der Waals surface area contributed by atoms with E-state index < -0.39 is 0 Å². The fourth-order valence-electron chi connectivity index (χ4n) is 6.89. The summed E-state index contributed by atoms with van der Waals surface area (Å²) in [5.41, 5.74) is 6.03. The van der Waals surface area contributed by atoms with Gasteiger partial charge in [-0.2, -0.15) is 0 Å². The van der Waals surface area contributed by atoms with Crippen molar-refractivity contribution in [2.75, 3.05) is 45.7 Å². The molecule has 0 spiro atoms. The monoisotopic (exact) mass is 583 g/mol. The molecule has 1 saturated carbocycles. The number of aromatic nitrogens is 1. The van der Waals surface area contributed by atoms with E-state index in [0.717, 1.165) is 46.9 Å². The van der Waals surface area contributed by atoms with Crippen LogP contribution in [-0.2, 0) is 7.05 Å². The lowest BCUT2D eigenvalue weighted by Gasteiger charge is -2.42. The van der Waals surface area contributed by atoms with Crippen molar-refractivity contribution in [3.63, 3.8) is 0 Å². The quantitative estimate of drug-likeness (QED) is 0.372. The average Bonchev–Trinajstić information content (AvgIpc) is 3.69. The Hall–Kier alpha value is -3.78. The maximum atomic E-state index is 13.7. The summed E-state index contributed by atoms with van der Waals surface area (Å²) in [7, 11) is 7.02. The number of aryl methyl sites for hydroxylation is 2. The van der Waals surface area contributed by atoms with Gasteiger partial charge in [0.15, 0.2) is 0 Å². The highest BCUT2D eigenvalue weighted by atomic mass is 16.5. The maximum absolute atomic E-state index is 13.7. The summed E-state index contributed by atoms with van der Waals surface area (Å²) in [5.74, 6) is 1.44. The van der Waals surface area contributed by atoms with Gasteiger partial charge in [-0.05, 0) is 98.5 Å². The van der Waals surface area contributed by atoms with E-state index in [4.69, 9.17) is 4.74 Å². The number of hydrogen-bond donors (Lipinski definition) is 1. The van der Waals surface area contributed by atoms with E-state index in [-0.39, 0.29) is 17.9 Å². The summed E-state index contributed by atoms with van der Waals surface area (Å²) in [6, 6.07) is 15.2. The van der Waals surface area contributed by atoms with Crippen LogP contribution >= 0.6 is 0 Å². The van der Waals surface area contributed by atoms with E-state index in [1.54, 1.807) is 26.1 Å². The molecule has 2 aromatic carbocycles. The third-order valence-corrected chi connectivity index (χ3v) is 9.63. The van der Waals surface area contributed by atoms with Crippen molar-refractivity contribution in [3.8, 4) is 16.9 Å². The predicted molar refractivity (Wildman–Crippen MR) is 171 cm³/mol. The molecule has 43 heavy (non-hydrogen) atoms. The maximum Gasteiger partial charge on any atom is 0.270 e. The molecule has 1 aliphatic carbocycles. The number of amides is 2. The first-order chi connectivity index (χ1) is 20.6. The van der Waals surface area contributed by atoms with Crippen LogP contribution in [-0.4, -0.2) is 79.1 Å². The lowest BCUT2D eigenvalue weighted by atomic mass is 9.98. The van der Waals surface area contributed by atoms with Crippen molar-refractivity contribution in [2.24, 2.45) is 13.0 Å². The van der Waals surface area contributed by atoms with Crippen LogP contribution in [0.2, 0.25) is 0 Å². The average molecular weight is 584 g/mol. The molecule has 3 aromatic rings. The summed E-state index contributed by atoms with van der Waals surface area (Å²) in [6.45, 7) is 7.33. The zero-order valence-corrected chi connectivity index (χ0v) is 26.4. The van der Waals surface area contributed by atoms with Gasteiger partial charge in [0.2, 0.25) is 0 Å². The van der Waals surface area contributed by atoms with Crippen LogP contribution in [0.3, 0.4) is 0 Å². The third-order valence-electron chi connectivity index (χ3n) is 9.63. The highest BCUT2D eigenvalue weighted by molar-refractivity contribution is 5.99. The summed E-state index contributed by atoms with van der Waals surface area (Å²) in [4.78, 5) is 33.5. The van der Waals surface area contributed by atoms with E-state index in [0.29, 0.717) is 29.1 Å². The minimum absolute atomic E-state index is 0.0686. The highest BCUT2D eigenvalue weighted by Crippen LogP contribution is 2.38. The topological polar surface area (TPSA) is 70.0 Å². The van der Waals surface area contributed by atoms with Crippen molar-refractivity contribution in [1.29, 1.82) is 0 Å². The van der Waals surface area contributed by atoms with E-state index in [1.807, 2.05) is 55.9 Å². The van der Waals surface area contributed by atoms with Crippen molar-refractivity contribution in [1.82, 2.24) is 19.7 Å². The van der Waals surface area contributed by atoms with Crippen LogP contribution in [0.25, 0.3) is 11.1 Å². The highest BCUT2D eigenvalue weighted by Gasteiger charge is 2.42. The molecule has 3 fully saturated rings. The van der Waals surface area contributed by atoms with Gasteiger partial charge < -0.3 is 24.4 Å². The molecule has 1 aromatic heterocycles. The number of hydrogen-bond acceptors (Lipinski definition) is 5. The zero-order valence-electron chi connectivity index (χ0n) is 26.4. The molecular formula is C35H45N5O3. The first kappa shape index (κ1) is 29.3. The van der Waals surface area contributed by atoms with Crippen molar-refractivity contribution >= 4 is 17.5 Å². The Labute approximate surface area is 255 Å². The molecule has 2 saturated heterocycles. The van der Waals surface area contributed by atoms with Crippen LogP contribution in [0.5, 0.6) is 5.75 Å². The van der Waals surface area contributed by atoms with Crippen molar-refractivity contribution in [2.45, 2.75) is 57.7 Å². The molecule has 0 radical (unpaired) electrons. The van der Waals surface area contributed by atoms with Gasteiger partial charge in [0.05, 0.1) is 13.2 Å². The molecule has 8 nitrogen and oxygen atoms in total. The molecule has 1 N–H and O–H groups in total. The lowest BCUT2D eigenvalue weighted by molar-refractivity contribution is 0.0818. The van der Waals surface area contributed by atoms with E-state index in [1.165, 1.54) is 32.2 Å². The number of benzene rings is 2. The second-order valence-electron chi connectivity index (χ2n) is 13.0.